The second kappa shape index (κ2) is 4.07. The summed E-state index contributed by atoms with van der Waals surface area (Å²) in [7, 11) is 0. The first kappa shape index (κ1) is 10.5. The van der Waals surface area contributed by atoms with Crippen LogP contribution in [-0.4, -0.2) is 41.1 Å². The molecule has 0 spiro atoms. The van der Waals surface area contributed by atoms with Crippen LogP contribution in [0.1, 0.15) is 27.2 Å². The van der Waals surface area contributed by atoms with Crippen molar-refractivity contribution >= 4 is 5.91 Å². The van der Waals surface area contributed by atoms with E-state index in [-0.39, 0.29) is 11.9 Å². The van der Waals surface area contributed by atoms with E-state index in [9.17, 15) is 4.79 Å². The van der Waals surface area contributed by atoms with Gasteiger partial charge in [-0.05, 0) is 20.8 Å². The molecule has 1 unspecified atom stereocenters. The van der Waals surface area contributed by atoms with Crippen molar-refractivity contribution in [2.24, 2.45) is 5.73 Å². The van der Waals surface area contributed by atoms with Gasteiger partial charge in [-0.3, -0.25) is 9.80 Å². The summed E-state index contributed by atoms with van der Waals surface area (Å²) >= 11 is 0. The van der Waals surface area contributed by atoms with Crippen LogP contribution in [0.3, 0.4) is 0 Å². The number of carbonyl (C=O) groups is 1. The molecule has 0 bridgehead atoms. The molecule has 1 amide bonds. The Labute approximate surface area is 79.6 Å². The van der Waals surface area contributed by atoms with E-state index in [0.29, 0.717) is 19.0 Å². The molecular weight excluding hydrogens is 166 g/mol. The third-order valence-corrected chi connectivity index (χ3v) is 2.21. The summed E-state index contributed by atoms with van der Waals surface area (Å²) in [6, 6.07) is 0.425. The SMILES string of the molecule is CC(N)CN1C(=O)CCN1C(C)C. The molecule has 1 rings (SSSR count). The topological polar surface area (TPSA) is 49.6 Å². The Morgan fingerprint density at radius 1 is 1.46 bits per heavy atom. The third kappa shape index (κ3) is 2.42. The van der Waals surface area contributed by atoms with Gasteiger partial charge in [-0.1, -0.05) is 0 Å². The van der Waals surface area contributed by atoms with Gasteiger partial charge in [0.1, 0.15) is 0 Å². The van der Waals surface area contributed by atoms with Gasteiger partial charge in [0, 0.05) is 25.0 Å². The van der Waals surface area contributed by atoms with Crippen LogP contribution in [-0.2, 0) is 4.79 Å². The fraction of sp³-hybridized carbons (Fsp3) is 0.889. The molecule has 0 aromatic carbocycles. The molecular formula is C9H19N3O. The number of nitrogens with zero attached hydrogens (tertiary/aromatic N) is 2. The lowest BCUT2D eigenvalue weighted by Gasteiger charge is -2.32. The zero-order valence-electron chi connectivity index (χ0n) is 8.66. The van der Waals surface area contributed by atoms with Gasteiger partial charge in [0.05, 0.1) is 6.54 Å². The van der Waals surface area contributed by atoms with E-state index in [4.69, 9.17) is 5.73 Å². The van der Waals surface area contributed by atoms with E-state index in [0.717, 1.165) is 6.54 Å². The van der Waals surface area contributed by atoms with E-state index >= 15 is 0 Å². The second-order valence-electron chi connectivity index (χ2n) is 3.96. The van der Waals surface area contributed by atoms with Gasteiger partial charge in [-0.15, -0.1) is 0 Å². The highest BCUT2D eigenvalue weighted by Crippen LogP contribution is 2.15. The summed E-state index contributed by atoms with van der Waals surface area (Å²) < 4.78 is 0. The number of carbonyl (C=O) groups excluding carboxylic acids is 1. The van der Waals surface area contributed by atoms with Gasteiger partial charge in [-0.2, -0.15) is 0 Å². The average Bonchev–Trinajstić information content (AvgIpc) is 2.32. The highest BCUT2D eigenvalue weighted by atomic mass is 16.2. The van der Waals surface area contributed by atoms with Crippen molar-refractivity contribution in [2.75, 3.05) is 13.1 Å². The van der Waals surface area contributed by atoms with Crippen LogP contribution >= 0.6 is 0 Å². The highest BCUT2D eigenvalue weighted by molar-refractivity contribution is 5.77. The summed E-state index contributed by atoms with van der Waals surface area (Å²) in [5.74, 6) is 0.200. The predicted octanol–water partition coefficient (Wildman–Crippen LogP) is 0.191. The maximum Gasteiger partial charge on any atom is 0.238 e. The smallest absolute Gasteiger partial charge is 0.238 e. The van der Waals surface area contributed by atoms with Crippen molar-refractivity contribution in [3.63, 3.8) is 0 Å². The maximum absolute atomic E-state index is 11.5. The Morgan fingerprint density at radius 3 is 2.54 bits per heavy atom. The Hall–Kier alpha value is -0.610. The predicted molar refractivity (Wildman–Crippen MR) is 51.8 cm³/mol. The number of amides is 1. The van der Waals surface area contributed by atoms with Gasteiger partial charge in [0.15, 0.2) is 0 Å². The molecule has 0 aliphatic carbocycles. The van der Waals surface area contributed by atoms with Crippen LogP contribution in [0.25, 0.3) is 0 Å². The molecule has 0 aromatic rings. The van der Waals surface area contributed by atoms with Crippen molar-refractivity contribution in [3.8, 4) is 0 Å². The zero-order valence-corrected chi connectivity index (χ0v) is 8.66. The van der Waals surface area contributed by atoms with Crippen LogP contribution in [0.4, 0.5) is 0 Å². The second-order valence-corrected chi connectivity index (χ2v) is 3.96. The minimum Gasteiger partial charge on any atom is -0.326 e. The number of nitrogens with two attached hydrogens (primary N) is 1. The lowest BCUT2D eigenvalue weighted by Crippen LogP contribution is -2.47. The molecule has 1 fully saturated rings. The van der Waals surface area contributed by atoms with Gasteiger partial charge in [0.2, 0.25) is 5.91 Å². The fourth-order valence-electron chi connectivity index (χ4n) is 1.62. The van der Waals surface area contributed by atoms with Crippen molar-refractivity contribution in [3.05, 3.63) is 0 Å². The molecule has 1 saturated heterocycles. The van der Waals surface area contributed by atoms with Gasteiger partial charge >= 0.3 is 0 Å². The first-order chi connectivity index (χ1) is 6.02. The summed E-state index contributed by atoms with van der Waals surface area (Å²) in [5, 5.41) is 3.88. The van der Waals surface area contributed by atoms with Crippen LogP contribution < -0.4 is 5.73 Å². The molecule has 1 heterocycles. The van der Waals surface area contributed by atoms with Crippen molar-refractivity contribution in [2.45, 2.75) is 39.3 Å². The standard InChI is InChI=1S/C9H19N3O/c1-7(2)11-5-4-9(13)12(11)6-8(3)10/h7-8H,4-6,10H2,1-3H3. The molecule has 0 saturated carbocycles. The zero-order chi connectivity index (χ0) is 10.0. The van der Waals surface area contributed by atoms with Crippen LogP contribution in [0.5, 0.6) is 0 Å². The normalized spacial score (nSPS) is 21.6. The minimum absolute atomic E-state index is 0.0447. The summed E-state index contributed by atoms with van der Waals surface area (Å²) in [6.45, 7) is 7.57. The molecule has 4 heteroatoms. The van der Waals surface area contributed by atoms with Gasteiger partial charge in [0.25, 0.3) is 0 Å². The Morgan fingerprint density at radius 2 is 2.08 bits per heavy atom. The number of hydrazine groups is 1. The number of hydrogen-bond donors (Lipinski definition) is 1. The lowest BCUT2D eigenvalue weighted by molar-refractivity contribution is -0.140. The molecule has 1 aliphatic heterocycles. The molecule has 0 aromatic heterocycles. The summed E-state index contributed by atoms with van der Waals surface area (Å²) in [4.78, 5) is 11.5. The van der Waals surface area contributed by atoms with Crippen LogP contribution in [0, 0.1) is 0 Å². The summed E-state index contributed by atoms with van der Waals surface area (Å²) in [6.07, 6.45) is 0.630. The van der Waals surface area contributed by atoms with Crippen LogP contribution in [0.2, 0.25) is 0 Å². The molecule has 76 valence electrons. The molecule has 1 atom stereocenters. The van der Waals surface area contributed by atoms with Crippen molar-refractivity contribution in [1.82, 2.24) is 10.0 Å². The van der Waals surface area contributed by atoms with E-state index in [1.165, 1.54) is 0 Å². The highest BCUT2D eigenvalue weighted by Gasteiger charge is 2.30. The monoisotopic (exact) mass is 185 g/mol. The van der Waals surface area contributed by atoms with Gasteiger partial charge in [-0.25, -0.2) is 5.01 Å². The molecule has 0 radical (unpaired) electrons. The van der Waals surface area contributed by atoms with E-state index < -0.39 is 0 Å². The quantitative estimate of drug-likeness (QED) is 0.683. The fourth-order valence-corrected chi connectivity index (χ4v) is 1.62. The van der Waals surface area contributed by atoms with Gasteiger partial charge < -0.3 is 5.73 Å². The lowest BCUT2D eigenvalue weighted by atomic mass is 10.3. The summed E-state index contributed by atoms with van der Waals surface area (Å²) in [5.41, 5.74) is 5.68. The van der Waals surface area contributed by atoms with E-state index in [2.05, 4.69) is 18.9 Å². The van der Waals surface area contributed by atoms with E-state index in [1.807, 2.05) is 6.92 Å². The molecule has 1 aliphatic rings. The Balaban J connectivity index is 2.60. The molecule has 4 nitrogen and oxygen atoms in total. The largest absolute Gasteiger partial charge is 0.326 e. The first-order valence-corrected chi connectivity index (χ1v) is 4.85. The molecule has 2 N–H and O–H groups in total. The molecule has 13 heavy (non-hydrogen) atoms. The van der Waals surface area contributed by atoms with E-state index in [1.54, 1.807) is 5.01 Å². The Bertz CT molecular complexity index is 191. The number of hydrogen-bond acceptors (Lipinski definition) is 3. The minimum atomic E-state index is 0.0447. The Kier molecular flexibility index (Phi) is 3.27. The van der Waals surface area contributed by atoms with Crippen molar-refractivity contribution < 1.29 is 4.79 Å². The van der Waals surface area contributed by atoms with Crippen molar-refractivity contribution in [1.29, 1.82) is 0 Å². The first-order valence-electron chi connectivity index (χ1n) is 4.85. The average molecular weight is 185 g/mol. The maximum atomic E-state index is 11.5. The third-order valence-electron chi connectivity index (χ3n) is 2.21. The van der Waals surface area contributed by atoms with Crippen LogP contribution in [0.15, 0.2) is 0 Å². The number of rotatable bonds is 3.